The fourth-order valence-electron chi connectivity index (χ4n) is 2.38. The zero-order valence-corrected chi connectivity index (χ0v) is 15.7. The van der Waals surface area contributed by atoms with Gasteiger partial charge in [0.1, 0.15) is 5.75 Å². The van der Waals surface area contributed by atoms with Gasteiger partial charge in [0.2, 0.25) is 0 Å². The minimum absolute atomic E-state index is 0.234. The predicted molar refractivity (Wildman–Crippen MR) is 100 cm³/mol. The molecule has 0 saturated carbocycles. The lowest BCUT2D eigenvalue weighted by atomic mass is 9.98. The van der Waals surface area contributed by atoms with Gasteiger partial charge in [-0.2, -0.15) is 0 Å². The largest absolute Gasteiger partial charge is 0.479 e. The molecule has 24 heavy (non-hydrogen) atoms. The summed E-state index contributed by atoms with van der Waals surface area (Å²) >= 11 is 12.0. The second-order valence-electron chi connectivity index (χ2n) is 6.02. The molecule has 3 nitrogen and oxygen atoms in total. The van der Waals surface area contributed by atoms with Gasteiger partial charge in [-0.3, -0.25) is 4.79 Å². The molecule has 5 heteroatoms. The number of hydrogen-bond donors (Lipinski definition) is 1. The third kappa shape index (κ3) is 4.43. The smallest absolute Gasteiger partial charge is 0.265 e. The van der Waals surface area contributed by atoms with Gasteiger partial charge in [0, 0.05) is 16.8 Å². The number of ether oxygens (including phenoxy) is 1. The van der Waals surface area contributed by atoms with Crippen molar-refractivity contribution < 1.29 is 9.53 Å². The number of halogens is 2. The summed E-state index contributed by atoms with van der Waals surface area (Å²) in [4.78, 5) is 12.5. The molecule has 0 aliphatic rings. The lowest BCUT2D eigenvalue weighted by Crippen LogP contribution is -2.31. The van der Waals surface area contributed by atoms with Gasteiger partial charge in [0.15, 0.2) is 6.10 Å². The van der Waals surface area contributed by atoms with Crippen LogP contribution in [0.25, 0.3) is 0 Å². The number of carbonyl (C=O) groups is 1. The Kier molecular flexibility index (Phi) is 6.14. The Morgan fingerprint density at radius 2 is 1.83 bits per heavy atom. The molecule has 0 aliphatic carbocycles. The molecule has 2 rings (SSSR count). The number of hydrogen-bond acceptors (Lipinski definition) is 2. The Hall–Kier alpha value is -1.71. The van der Waals surface area contributed by atoms with Crippen molar-refractivity contribution in [2.24, 2.45) is 0 Å². The van der Waals surface area contributed by atoms with Gasteiger partial charge in [0.05, 0.1) is 5.02 Å². The quantitative estimate of drug-likeness (QED) is 0.723. The van der Waals surface area contributed by atoms with E-state index in [1.165, 1.54) is 0 Å². The second-order valence-corrected chi connectivity index (χ2v) is 6.86. The van der Waals surface area contributed by atoms with Crippen LogP contribution in [-0.2, 0) is 4.79 Å². The molecule has 1 unspecified atom stereocenters. The van der Waals surface area contributed by atoms with Gasteiger partial charge in [-0.15, -0.1) is 0 Å². The van der Waals surface area contributed by atoms with E-state index < -0.39 is 6.10 Å². The first kappa shape index (κ1) is 18.6. The van der Waals surface area contributed by atoms with E-state index in [-0.39, 0.29) is 5.91 Å². The van der Waals surface area contributed by atoms with Gasteiger partial charge >= 0.3 is 0 Å². The van der Waals surface area contributed by atoms with E-state index in [4.69, 9.17) is 27.9 Å². The van der Waals surface area contributed by atoms with Crippen molar-refractivity contribution >= 4 is 34.8 Å². The number of amides is 1. The van der Waals surface area contributed by atoms with Crippen molar-refractivity contribution in [3.8, 4) is 5.75 Å². The van der Waals surface area contributed by atoms with E-state index in [0.29, 0.717) is 21.7 Å². The maximum Gasteiger partial charge on any atom is 0.265 e. The van der Waals surface area contributed by atoms with Crippen molar-refractivity contribution in [1.82, 2.24) is 0 Å². The maximum absolute atomic E-state index is 12.5. The zero-order valence-electron chi connectivity index (χ0n) is 14.2. The number of carbonyl (C=O) groups excluding carboxylic acids is 1. The molecule has 1 amide bonds. The summed E-state index contributed by atoms with van der Waals surface area (Å²) in [5.41, 5.74) is 2.95. The van der Waals surface area contributed by atoms with E-state index in [0.717, 1.165) is 16.8 Å². The molecular formula is C19H21Cl2NO2. The maximum atomic E-state index is 12.5. The minimum atomic E-state index is -0.708. The number of aryl methyl sites for hydroxylation is 1. The van der Waals surface area contributed by atoms with Crippen LogP contribution in [0.5, 0.6) is 5.75 Å². The molecule has 0 aromatic heterocycles. The zero-order chi connectivity index (χ0) is 17.9. The fraction of sp³-hybridized carbons (Fsp3) is 0.316. The van der Waals surface area contributed by atoms with Gasteiger partial charge in [-0.05, 0) is 43.0 Å². The van der Waals surface area contributed by atoms with E-state index in [1.807, 2.05) is 25.1 Å². The highest BCUT2D eigenvalue weighted by atomic mass is 35.5. The van der Waals surface area contributed by atoms with Crippen molar-refractivity contribution in [2.75, 3.05) is 5.32 Å². The van der Waals surface area contributed by atoms with Crippen LogP contribution in [0.3, 0.4) is 0 Å². The molecule has 1 atom stereocenters. The molecule has 0 fully saturated rings. The molecule has 2 aromatic carbocycles. The van der Waals surface area contributed by atoms with Crippen molar-refractivity contribution in [2.45, 2.75) is 39.7 Å². The second kappa shape index (κ2) is 7.91. The molecular weight excluding hydrogens is 345 g/mol. The van der Waals surface area contributed by atoms with Crippen LogP contribution in [0.1, 0.15) is 37.8 Å². The average molecular weight is 366 g/mol. The highest BCUT2D eigenvalue weighted by Gasteiger charge is 2.19. The summed E-state index contributed by atoms with van der Waals surface area (Å²) in [5.74, 6) is 0.460. The molecule has 0 saturated heterocycles. The highest BCUT2D eigenvalue weighted by molar-refractivity contribution is 6.34. The van der Waals surface area contributed by atoms with Crippen LogP contribution >= 0.6 is 23.2 Å². The molecule has 2 aromatic rings. The molecule has 0 heterocycles. The number of benzene rings is 2. The van der Waals surface area contributed by atoms with Gasteiger partial charge < -0.3 is 10.1 Å². The van der Waals surface area contributed by atoms with Crippen molar-refractivity contribution in [3.05, 3.63) is 57.6 Å². The summed E-state index contributed by atoms with van der Waals surface area (Å²) in [6.07, 6.45) is -0.708. The Balaban J connectivity index is 2.17. The highest BCUT2D eigenvalue weighted by Crippen LogP contribution is 2.30. The standard InChI is InChI=1S/C19H21Cl2NO2/c1-11(2)15-7-5-6-12(3)18(15)22-19(23)13(4)24-17-10-14(20)8-9-16(17)21/h5-11,13H,1-4H3,(H,22,23). The van der Waals surface area contributed by atoms with Crippen LogP contribution in [0.2, 0.25) is 10.0 Å². The summed E-state index contributed by atoms with van der Waals surface area (Å²) < 4.78 is 5.67. The Morgan fingerprint density at radius 1 is 1.12 bits per heavy atom. The minimum Gasteiger partial charge on any atom is -0.479 e. The number of nitrogens with one attached hydrogen (secondary N) is 1. The first-order chi connectivity index (χ1) is 11.3. The normalized spacial score (nSPS) is 12.1. The van der Waals surface area contributed by atoms with E-state index >= 15 is 0 Å². The van der Waals surface area contributed by atoms with Crippen LogP contribution in [0.4, 0.5) is 5.69 Å². The van der Waals surface area contributed by atoms with Crippen LogP contribution in [-0.4, -0.2) is 12.0 Å². The molecule has 0 spiro atoms. The molecule has 0 radical (unpaired) electrons. The third-order valence-corrected chi connectivity index (χ3v) is 4.29. The van der Waals surface area contributed by atoms with Crippen LogP contribution in [0, 0.1) is 6.92 Å². The number of rotatable bonds is 5. The van der Waals surface area contributed by atoms with E-state index in [2.05, 4.69) is 19.2 Å². The molecule has 1 N–H and O–H groups in total. The van der Waals surface area contributed by atoms with Gasteiger partial charge in [0.25, 0.3) is 5.91 Å². The van der Waals surface area contributed by atoms with E-state index in [1.54, 1.807) is 25.1 Å². The Labute approximate surface area is 152 Å². The number of para-hydroxylation sites is 1. The topological polar surface area (TPSA) is 38.3 Å². The van der Waals surface area contributed by atoms with Crippen molar-refractivity contribution in [1.29, 1.82) is 0 Å². The van der Waals surface area contributed by atoms with E-state index in [9.17, 15) is 4.79 Å². The lowest BCUT2D eigenvalue weighted by molar-refractivity contribution is -0.122. The first-order valence-corrected chi connectivity index (χ1v) is 8.57. The fourth-order valence-corrected chi connectivity index (χ4v) is 2.70. The third-order valence-electron chi connectivity index (χ3n) is 3.74. The summed E-state index contributed by atoms with van der Waals surface area (Å²) in [6.45, 7) is 7.84. The van der Waals surface area contributed by atoms with Crippen LogP contribution < -0.4 is 10.1 Å². The SMILES string of the molecule is Cc1cccc(C(C)C)c1NC(=O)C(C)Oc1cc(Cl)ccc1Cl. The summed E-state index contributed by atoms with van der Waals surface area (Å²) in [6, 6.07) is 10.9. The van der Waals surface area contributed by atoms with Gasteiger partial charge in [-0.25, -0.2) is 0 Å². The Bertz CT molecular complexity index is 744. The summed E-state index contributed by atoms with van der Waals surface area (Å²) in [5, 5.41) is 3.89. The van der Waals surface area contributed by atoms with Gasteiger partial charge in [-0.1, -0.05) is 55.2 Å². The predicted octanol–water partition coefficient (Wildman–Crippen LogP) is 5.83. The van der Waals surface area contributed by atoms with Crippen LogP contribution in [0.15, 0.2) is 36.4 Å². The molecule has 128 valence electrons. The Morgan fingerprint density at radius 3 is 2.50 bits per heavy atom. The monoisotopic (exact) mass is 365 g/mol. The molecule has 0 aliphatic heterocycles. The lowest BCUT2D eigenvalue weighted by Gasteiger charge is -2.20. The number of anilines is 1. The average Bonchev–Trinajstić information content (AvgIpc) is 2.52. The summed E-state index contributed by atoms with van der Waals surface area (Å²) in [7, 11) is 0. The molecule has 0 bridgehead atoms. The first-order valence-electron chi connectivity index (χ1n) is 7.81. The van der Waals surface area contributed by atoms with Crippen molar-refractivity contribution in [3.63, 3.8) is 0 Å².